The molecule has 2 aliphatic rings. The predicted octanol–water partition coefficient (Wildman–Crippen LogP) is 9.33. The predicted molar refractivity (Wildman–Crippen MR) is 137 cm³/mol. The van der Waals surface area contributed by atoms with E-state index in [2.05, 4.69) is 36.4 Å². The maximum absolute atomic E-state index is 2.40. The fourth-order valence-electron chi connectivity index (χ4n) is 3.14. The SMILES string of the molecule is c1cc(-c2cc3c(s2)SCCS3)sc1-c1ccc(-c2cc3c(s2)SCCS3)s1. The fraction of sp³-hybridized carbons (Fsp3) is 0.200. The number of hydrogen-bond acceptors (Lipinski definition) is 8. The van der Waals surface area contributed by atoms with E-state index in [1.807, 2.05) is 92.4 Å². The zero-order chi connectivity index (χ0) is 18.5. The molecule has 0 saturated heterocycles. The molecule has 4 aromatic heterocycles. The number of thioether (sulfide) groups is 4. The van der Waals surface area contributed by atoms with Gasteiger partial charge in [0.1, 0.15) is 0 Å². The Morgan fingerprint density at radius 3 is 1.25 bits per heavy atom. The van der Waals surface area contributed by atoms with Gasteiger partial charge in [0, 0.05) is 62.1 Å². The fourth-order valence-corrected chi connectivity index (χ4v) is 13.1. The molecular formula is C20H14S8. The smallest absolute Gasteiger partial charge is 0.0741 e. The van der Waals surface area contributed by atoms with Crippen LogP contribution in [0.3, 0.4) is 0 Å². The van der Waals surface area contributed by atoms with Crippen molar-refractivity contribution >= 4 is 92.4 Å². The van der Waals surface area contributed by atoms with E-state index in [1.165, 1.54) is 70.5 Å². The molecule has 0 spiro atoms. The van der Waals surface area contributed by atoms with E-state index in [0.29, 0.717) is 0 Å². The van der Waals surface area contributed by atoms with Gasteiger partial charge in [-0.1, -0.05) is 0 Å². The highest BCUT2D eigenvalue weighted by atomic mass is 32.2. The first-order valence-corrected chi connectivity index (χ1v) is 16.0. The number of fused-ring (bicyclic) bond motifs is 2. The maximum atomic E-state index is 2.40. The lowest BCUT2D eigenvalue weighted by atomic mass is 10.3. The first kappa shape index (κ1) is 18.9. The van der Waals surface area contributed by atoms with Crippen molar-refractivity contribution in [3.05, 3.63) is 36.4 Å². The minimum atomic E-state index is 1.24. The molecule has 0 unspecified atom stereocenters. The summed E-state index contributed by atoms with van der Waals surface area (Å²) in [5.41, 5.74) is 0. The first-order valence-electron chi connectivity index (χ1n) is 8.83. The summed E-state index contributed by atoms with van der Waals surface area (Å²) in [5, 5.41) is 0. The Hall–Kier alpha value is 0.200. The van der Waals surface area contributed by atoms with Gasteiger partial charge in [-0.05, 0) is 36.4 Å². The van der Waals surface area contributed by atoms with Crippen LogP contribution in [0, 0.1) is 0 Å². The molecule has 0 aliphatic carbocycles. The van der Waals surface area contributed by atoms with Gasteiger partial charge in [0.2, 0.25) is 0 Å². The Morgan fingerprint density at radius 2 is 0.821 bits per heavy atom. The molecule has 6 rings (SSSR count). The van der Waals surface area contributed by atoms with Crippen molar-refractivity contribution in [3.8, 4) is 29.3 Å². The first-order chi connectivity index (χ1) is 13.8. The van der Waals surface area contributed by atoms with Gasteiger partial charge in [-0.3, -0.25) is 0 Å². The molecule has 28 heavy (non-hydrogen) atoms. The molecule has 0 aromatic carbocycles. The van der Waals surface area contributed by atoms with E-state index < -0.39 is 0 Å². The molecule has 4 aromatic rings. The minimum Gasteiger partial charge on any atom is -0.134 e. The van der Waals surface area contributed by atoms with Crippen molar-refractivity contribution < 1.29 is 0 Å². The third-order valence-corrected chi connectivity index (χ3v) is 15.1. The molecule has 0 bridgehead atoms. The summed E-state index contributed by atoms with van der Waals surface area (Å²) < 4.78 is 3.02. The van der Waals surface area contributed by atoms with Crippen molar-refractivity contribution in [3.63, 3.8) is 0 Å². The van der Waals surface area contributed by atoms with Crippen molar-refractivity contribution in [2.75, 3.05) is 23.0 Å². The van der Waals surface area contributed by atoms with E-state index >= 15 is 0 Å². The third-order valence-electron chi connectivity index (χ3n) is 4.42. The normalized spacial score (nSPS) is 16.1. The Morgan fingerprint density at radius 1 is 0.429 bits per heavy atom. The van der Waals surface area contributed by atoms with Gasteiger partial charge >= 0.3 is 0 Å². The summed E-state index contributed by atoms with van der Waals surface area (Å²) in [4.78, 5) is 11.4. The highest BCUT2D eigenvalue weighted by Gasteiger charge is 2.19. The third kappa shape index (κ3) is 3.58. The monoisotopic (exact) mass is 510 g/mol. The number of thiophene rings is 4. The molecule has 0 fully saturated rings. The zero-order valence-electron chi connectivity index (χ0n) is 14.6. The maximum Gasteiger partial charge on any atom is 0.0741 e. The lowest BCUT2D eigenvalue weighted by Gasteiger charge is -2.07. The van der Waals surface area contributed by atoms with Crippen molar-refractivity contribution in [1.82, 2.24) is 0 Å². The zero-order valence-corrected chi connectivity index (χ0v) is 21.1. The van der Waals surface area contributed by atoms with Crippen LogP contribution in [0.4, 0.5) is 0 Å². The summed E-state index contributed by atoms with van der Waals surface area (Å²) in [6.45, 7) is 0. The second kappa shape index (κ2) is 8.04. The molecule has 2 aliphatic heterocycles. The highest BCUT2D eigenvalue weighted by molar-refractivity contribution is 8.07. The van der Waals surface area contributed by atoms with Gasteiger partial charge in [-0.25, -0.2) is 0 Å². The Bertz CT molecular complexity index is 1000. The summed E-state index contributed by atoms with van der Waals surface area (Å²) in [6.07, 6.45) is 0. The summed E-state index contributed by atoms with van der Waals surface area (Å²) >= 11 is 15.9. The molecule has 0 nitrogen and oxygen atoms in total. The van der Waals surface area contributed by atoms with Crippen molar-refractivity contribution in [2.45, 2.75) is 18.2 Å². The molecular weight excluding hydrogens is 497 g/mol. The quantitative estimate of drug-likeness (QED) is 0.269. The van der Waals surface area contributed by atoms with Gasteiger partial charge in [0.25, 0.3) is 0 Å². The van der Waals surface area contributed by atoms with E-state index in [4.69, 9.17) is 0 Å². The van der Waals surface area contributed by atoms with Gasteiger partial charge in [-0.2, -0.15) is 0 Å². The summed E-state index contributed by atoms with van der Waals surface area (Å²) in [6, 6.07) is 14.0. The van der Waals surface area contributed by atoms with Gasteiger partial charge in [-0.15, -0.1) is 92.4 Å². The Labute approximate surface area is 197 Å². The van der Waals surface area contributed by atoms with E-state index in [9.17, 15) is 0 Å². The second-order valence-corrected chi connectivity index (χ2v) is 15.5. The van der Waals surface area contributed by atoms with Crippen molar-refractivity contribution in [2.24, 2.45) is 0 Å². The topological polar surface area (TPSA) is 0 Å². The van der Waals surface area contributed by atoms with Crippen LogP contribution >= 0.6 is 92.4 Å². The van der Waals surface area contributed by atoms with Crippen LogP contribution in [-0.2, 0) is 0 Å². The van der Waals surface area contributed by atoms with Crippen LogP contribution in [0.1, 0.15) is 0 Å². The lowest BCUT2D eigenvalue weighted by Crippen LogP contribution is -1.88. The molecule has 0 N–H and O–H groups in total. The van der Waals surface area contributed by atoms with Crippen LogP contribution in [-0.4, -0.2) is 23.0 Å². The standard InChI is InChI=1S/C20H14S8/c1-3-13(15-9-17-19(27-15)23-7-5-21-17)25-11(1)12-2-4-14(26-12)16-10-18-20(28-16)24-8-6-22-18/h1-4,9-10H,5-8H2. The van der Waals surface area contributed by atoms with Crippen molar-refractivity contribution in [1.29, 1.82) is 0 Å². The molecule has 6 heterocycles. The molecule has 142 valence electrons. The largest absolute Gasteiger partial charge is 0.134 e. The Kier molecular flexibility index (Phi) is 5.43. The van der Waals surface area contributed by atoms with Crippen LogP contribution < -0.4 is 0 Å². The van der Waals surface area contributed by atoms with Gasteiger partial charge in [0.15, 0.2) is 0 Å². The van der Waals surface area contributed by atoms with E-state index in [0.717, 1.165) is 0 Å². The summed E-state index contributed by atoms with van der Waals surface area (Å²) in [7, 11) is 0. The average Bonchev–Trinajstić information content (AvgIpc) is 3.52. The second-order valence-electron chi connectivity index (χ2n) is 6.25. The van der Waals surface area contributed by atoms with E-state index in [1.54, 1.807) is 0 Å². The molecule has 0 atom stereocenters. The Balaban J connectivity index is 1.28. The molecule has 8 heteroatoms. The lowest BCUT2D eigenvalue weighted by molar-refractivity contribution is 1.34. The number of hydrogen-bond donors (Lipinski definition) is 0. The molecule has 0 saturated carbocycles. The van der Waals surface area contributed by atoms with Crippen LogP contribution in [0.5, 0.6) is 0 Å². The molecule has 0 amide bonds. The minimum absolute atomic E-state index is 1.24. The van der Waals surface area contributed by atoms with Crippen LogP contribution in [0.25, 0.3) is 29.3 Å². The van der Waals surface area contributed by atoms with E-state index in [-0.39, 0.29) is 0 Å². The van der Waals surface area contributed by atoms with Crippen LogP contribution in [0.2, 0.25) is 0 Å². The number of rotatable bonds is 3. The van der Waals surface area contributed by atoms with Gasteiger partial charge in [0.05, 0.1) is 8.42 Å². The summed E-state index contributed by atoms with van der Waals surface area (Å²) in [5.74, 6) is 4.97. The highest BCUT2D eigenvalue weighted by Crippen LogP contribution is 2.50. The average molecular weight is 511 g/mol. The van der Waals surface area contributed by atoms with Crippen LogP contribution in [0.15, 0.2) is 54.6 Å². The molecule has 0 radical (unpaired) electrons. The van der Waals surface area contributed by atoms with Gasteiger partial charge < -0.3 is 0 Å².